The Balaban J connectivity index is 2.99. The second-order valence-electron chi connectivity index (χ2n) is 5.05. The van der Waals surface area contributed by atoms with E-state index < -0.39 is 10.0 Å². The van der Waals surface area contributed by atoms with Crippen LogP contribution in [0.3, 0.4) is 0 Å². The summed E-state index contributed by atoms with van der Waals surface area (Å²) in [5.41, 5.74) is 1.14. The van der Waals surface area contributed by atoms with Gasteiger partial charge >= 0.3 is 0 Å². The predicted molar refractivity (Wildman–Crippen MR) is 88.0 cm³/mol. The van der Waals surface area contributed by atoms with E-state index in [2.05, 4.69) is 18.6 Å². The third-order valence-corrected chi connectivity index (χ3v) is 6.25. The molecule has 0 unspecified atom stereocenters. The van der Waals surface area contributed by atoms with E-state index in [1.807, 2.05) is 0 Å². The second-order valence-corrected chi connectivity index (χ2v) is 7.54. The molecule has 1 aromatic carbocycles. The number of aryl methyl sites for hydroxylation is 1. The minimum atomic E-state index is -3.66. The fraction of sp³-hybridized carbons (Fsp3) is 0.571. The van der Waals surface area contributed by atoms with Gasteiger partial charge in [0, 0.05) is 5.02 Å². The van der Waals surface area contributed by atoms with Gasteiger partial charge in [0.1, 0.15) is 4.90 Å². The Labute approximate surface area is 137 Å². The average molecular weight is 354 g/mol. The first kappa shape index (κ1) is 18.7. The van der Waals surface area contributed by atoms with Crippen molar-refractivity contribution in [3.8, 4) is 0 Å². The molecule has 4 nitrogen and oxygen atoms in total. The Morgan fingerprint density at radius 1 is 1.19 bits per heavy atom. The lowest BCUT2D eigenvalue weighted by atomic mass is 10.2. The van der Waals surface area contributed by atoms with Crippen LogP contribution in [0.4, 0.5) is 0 Å². The lowest BCUT2D eigenvalue weighted by molar-refractivity contribution is -0.895. The summed E-state index contributed by atoms with van der Waals surface area (Å²) in [4.78, 5) is 1.42. The number of quaternary nitrogens is 1. The van der Waals surface area contributed by atoms with Gasteiger partial charge < -0.3 is 4.90 Å². The Kier molecular flexibility index (Phi) is 6.94. The minimum absolute atomic E-state index is 0.0868. The van der Waals surface area contributed by atoms with Gasteiger partial charge in [0.05, 0.1) is 31.2 Å². The highest BCUT2D eigenvalue weighted by Gasteiger charge is 2.23. The summed E-state index contributed by atoms with van der Waals surface area (Å²) >= 11 is 12.2. The minimum Gasteiger partial charge on any atom is -0.334 e. The van der Waals surface area contributed by atoms with E-state index in [-0.39, 0.29) is 9.92 Å². The SMILES string of the molecule is CC[NH+](CC)CCNS(=O)(=O)c1c(C)c(Cl)cc(C)c1Cl. The number of likely N-dealkylation sites (N-methyl/N-ethyl adjacent to an activating group) is 1. The third kappa shape index (κ3) is 4.57. The Morgan fingerprint density at radius 2 is 1.76 bits per heavy atom. The molecule has 0 aliphatic heterocycles. The van der Waals surface area contributed by atoms with Crippen molar-refractivity contribution in [3.05, 3.63) is 27.2 Å². The van der Waals surface area contributed by atoms with Gasteiger partial charge in [0.15, 0.2) is 0 Å². The standard InChI is InChI=1S/C14H22Cl2N2O2S/c1-5-18(6-2)8-7-17-21(19,20)14-11(4)12(15)9-10(3)13(14)16/h9,17H,5-8H2,1-4H3/p+1. The van der Waals surface area contributed by atoms with Crippen molar-refractivity contribution in [2.75, 3.05) is 26.2 Å². The first-order chi connectivity index (χ1) is 9.74. The first-order valence-electron chi connectivity index (χ1n) is 7.03. The molecule has 2 N–H and O–H groups in total. The van der Waals surface area contributed by atoms with E-state index in [0.717, 1.165) is 19.6 Å². The molecule has 0 aliphatic rings. The molecule has 0 spiro atoms. The summed E-state index contributed by atoms with van der Waals surface area (Å²) in [5, 5.41) is 0.645. The van der Waals surface area contributed by atoms with Crippen molar-refractivity contribution in [3.63, 3.8) is 0 Å². The molecule has 0 radical (unpaired) electrons. The number of rotatable bonds is 7. The first-order valence-corrected chi connectivity index (χ1v) is 9.26. The molecule has 21 heavy (non-hydrogen) atoms. The second kappa shape index (κ2) is 7.79. The van der Waals surface area contributed by atoms with Gasteiger partial charge in [-0.2, -0.15) is 0 Å². The van der Waals surface area contributed by atoms with Crippen LogP contribution in [0.1, 0.15) is 25.0 Å². The summed E-state index contributed by atoms with van der Waals surface area (Å²) in [6, 6.07) is 1.68. The summed E-state index contributed by atoms with van der Waals surface area (Å²) in [7, 11) is -3.66. The van der Waals surface area contributed by atoms with Crippen LogP contribution in [-0.4, -0.2) is 34.6 Å². The lowest BCUT2D eigenvalue weighted by Gasteiger charge is -2.17. The molecule has 0 amide bonds. The molecule has 0 atom stereocenters. The average Bonchev–Trinajstić information content (AvgIpc) is 2.41. The summed E-state index contributed by atoms with van der Waals surface area (Å²) in [6.45, 7) is 10.6. The molecule has 0 heterocycles. The molecular formula is C14H23Cl2N2O2S+. The number of hydrogen-bond donors (Lipinski definition) is 2. The highest BCUT2D eigenvalue weighted by atomic mass is 35.5. The van der Waals surface area contributed by atoms with E-state index in [4.69, 9.17) is 23.2 Å². The van der Waals surface area contributed by atoms with Gasteiger partial charge in [0.25, 0.3) is 0 Å². The summed E-state index contributed by atoms with van der Waals surface area (Å²) in [5.74, 6) is 0. The van der Waals surface area contributed by atoms with Crippen LogP contribution >= 0.6 is 23.2 Å². The van der Waals surface area contributed by atoms with Crippen molar-refractivity contribution >= 4 is 33.2 Å². The zero-order valence-corrected chi connectivity index (χ0v) is 15.2. The number of benzene rings is 1. The van der Waals surface area contributed by atoms with Crippen LogP contribution in [-0.2, 0) is 10.0 Å². The maximum absolute atomic E-state index is 12.5. The van der Waals surface area contributed by atoms with Crippen LogP contribution in [0.25, 0.3) is 0 Å². The normalized spacial score (nSPS) is 12.1. The number of nitrogens with one attached hydrogen (secondary N) is 2. The summed E-state index contributed by atoms with van der Waals surface area (Å²) in [6.07, 6.45) is 0. The smallest absolute Gasteiger partial charge is 0.242 e. The largest absolute Gasteiger partial charge is 0.334 e. The van der Waals surface area contributed by atoms with Crippen LogP contribution in [0.5, 0.6) is 0 Å². The van der Waals surface area contributed by atoms with Crippen LogP contribution in [0, 0.1) is 13.8 Å². The monoisotopic (exact) mass is 353 g/mol. The van der Waals surface area contributed by atoms with Crippen molar-refractivity contribution in [2.45, 2.75) is 32.6 Å². The molecule has 7 heteroatoms. The molecule has 0 bridgehead atoms. The van der Waals surface area contributed by atoms with Crippen molar-refractivity contribution < 1.29 is 13.3 Å². The number of hydrogen-bond acceptors (Lipinski definition) is 2. The van der Waals surface area contributed by atoms with E-state index in [1.54, 1.807) is 19.9 Å². The van der Waals surface area contributed by atoms with Crippen molar-refractivity contribution in [1.29, 1.82) is 0 Å². The van der Waals surface area contributed by atoms with Gasteiger partial charge in [-0.3, -0.25) is 0 Å². The Hall–Kier alpha value is -0.330. The molecule has 0 saturated heterocycles. The van der Waals surface area contributed by atoms with Crippen LogP contribution in [0.2, 0.25) is 10.0 Å². The maximum Gasteiger partial charge on any atom is 0.242 e. The molecule has 0 saturated carbocycles. The fourth-order valence-electron chi connectivity index (χ4n) is 2.17. The van der Waals surface area contributed by atoms with Crippen LogP contribution in [0.15, 0.2) is 11.0 Å². The number of halogens is 2. The molecule has 1 aromatic rings. The molecule has 0 fully saturated rings. The maximum atomic E-state index is 12.5. The predicted octanol–water partition coefficient (Wildman–Crippen LogP) is 1.81. The summed E-state index contributed by atoms with van der Waals surface area (Å²) < 4.78 is 27.6. The van der Waals surface area contributed by atoms with Gasteiger partial charge in [-0.15, -0.1) is 0 Å². The van der Waals surface area contributed by atoms with Gasteiger partial charge in [-0.25, -0.2) is 13.1 Å². The molecular weight excluding hydrogens is 331 g/mol. The molecule has 120 valence electrons. The van der Waals surface area contributed by atoms with E-state index >= 15 is 0 Å². The number of sulfonamides is 1. The van der Waals surface area contributed by atoms with Crippen molar-refractivity contribution in [2.24, 2.45) is 0 Å². The van der Waals surface area contributed by atoms with E-state index in [9.17, 15) is 8.42 Å². The van der Waals surface area contributed by atoms with Gasteiger partial charge in [-0.1, -0.05) is 23.2 Å². The fourth-order valence-corrected chi connectivity index (χ4v) is 4.41. The Bertz CT molecular complexity index is 573. The van der Waals surface area contributed by atoms with Crippen LogP contribution < -0.4 is 9.62 Å². The highest BCUT2D eigenvalue weighted by Crippen LogP contribution is 2.33. The van der Waals surface area contributed by atoms with E-state index in [1.165, 1.54) is 4.90 Å². The van der Waals surface area contributed by atoms with E-state index in [0.29, 0.717) is 22.7 Å². The molecule has 0 aromatic heterocycles. The zero-order chi connectivity index (χ0) is 16.2. The van der Waals surface area contributed by atoms with Crippen molar-refractivity contribution in [1.82, 2.24) is 4.72 Å². The topological polar surface area (TPSA) is 50.6 Å². The molecule has 0 aliphatic carbocycles. The highest BCUT2D eigenvalue weighted by molar-refractivity contribution is 7.89. The Morgan fingerprint density at radius 3 is 2.29 bits per heavy atom. The quantitative estimate of drug-likeness (QED) is 0.785. The molecule has 1 rings (SSSR count). The van der Waals surface area contributed by atoms with Gasteiger partial charge in [-0.05, 0) is 44.9 Å². The third-order valence-electron chi connectivity index (χ3n) is 3.63. The van der Waals surface area contributed by atoms with Gasteiger partial charge in [0.2, 0.25) is 10.0 Å². The zero-order valence-electron chi connectivity index (χ0n) is 12.9. The lowest BCUT2D eigenvalue weighted by Crippen LogP contribution is -3.12.